The molecule has 0 bridgehead atoms. The van der Waals surface area contributed by atoms with E-state index in [0.29, 0.717) is 6.42 Å². The molecule has 0 radical (unpaired) electrons. The number of phenolic OH excluding ortho intramolecular Hbond substituents is 1. The van der Waals surface area contributed by atoms with Crippen LogP contribution in [0, 0.1) is 0 Å². The van der Waals surface area contributed by atoms with Crippen LogP contribution in [0.1, 0.15) is 161 Å². The van der Waals surface area contributed by atoms with Crippen molar-refractivity contribution in [2.75, 3.05) is 13.2 Å². The van der Waals surface area contributed by atoms with Gasteiger partial charge in [0.1, 0.15) is 0 Å². The molecule has 0 aliphatic rings. The Bertz CT molecular complexity index is 715. The van der Waals surface area contributed by atoms with Crippen molar-refractivity contribution in [3.8, 4) is 11.5 Å². The lowest BCUT2D eigenvalue weighted by atomic mass is 10.0. The second kappa shape index (κ2) is 27.1. The minimum absolute atomic E-state index is 0.00000991. The highest BCUT2D eigenvalue weighted by atomic mass is 16.7. The van der Waals surface area contributed by atoms with Gasteiger partial charge in [-0.15, -0.1) is 0 Å². The van der Waals surface area contributed by atoms with E-state index < -0.39 is 6.16 Å². The molecule has 0 saturated heterocycles. The quantitative estimate of drug-likeness (QED) is 0.0425. The average Bonchev–Trinajstić information content (AvgIpc) is 2.96. The first-order chi connectivity index (χ1) is 20.1. The Morgan fingerprint density at radius 1 is 0.659 bits per heavy atom. The maximum atomic E-state index is 10.8. The Balaban J connectivity index is 2.24. The minimum atomic E-state index is -1.42. The average molecular weight is 579 g/mol. The van der Waals surface area contributed by atoms with Crippen molar-refractivity contribution in [3.05, 3.63) is 23.8 Å². The molecular weight excluding hydrogens is 516 g/mol. The van der Waals surface area contributed by atoms with Crippen LogP contribution in [0.3, 0.4) is 0 Å². The number of phenols is 1. The number of ether oxygens (including phenoxy) is 3. The number of hydrogen-bond acceptors (Lipinski definition) is 5. The number of hydrogen-bond donors (Lipinski definition) is 2. The van der Waals surface area contributed by atoms with Crippen LogP contribution in [0.5, 0.6) is 11.5 Å². The van der Waals surface area contributed by atoms with Crippen molar-refractivity contribution < 1.29 is 29.2 Å². The highest BCUT2D eigenvalue weighted by Gasteiger charge is 2.12. The molecule has 0 unspecified atom stereocenters. The van der Waals surface area contributed by atoms with E-state index in [1.54, 1.807) is 6.07 Å². The summed E-state index contributed by atoms with van der Waals surface area (Å²) in [5.74, 6) is -0.0694. The fourth-order valence-corrected chi connectivity index (χ4v) is 5.22. The maximum absolute atomic E-state index is 10.8. The summed E-state index contributed by atoms with van der Waals surface area (Å²) in [7, 11) is 0. The van der Waals surface area contributed by atoms with Crippen LogP contribution >= 0.6 is 0 Å². The molecule has 1 aromatic rings. The van der Waals surface area contributed by atoms with Crippen LogP contribution in [0.25, 0.3) is 0 Å². The maximum Gasteiger partial charge on any atom is 0.511 e. The van der Waals surface area contributed by atoms with Crippen LogP contribution < -0.4 is 4.74 Å². The number of carboxylic acid groups (broad SMARTS) is 1. The number of aromatic hydroxyl groups is 1. The molecule has 1 aromatic carbocycles. The predicted octanol–water partition coefficient (Wildman–Crippen LogP) is 11.0. The highest BCUT2D eigenvalue weighted by molar-refractivity contribution is 5.63. The Morgan fingerprint density at radius 2 is 1.12 bits per heavy atom. The molecule has 0 aliphatic heterocycles. The number of benzene rings is 1. The van der Waals surface area contributed by atoms with Crippen molar-refractivity contribution in [2.45, 2.75) is 168 Å². The van der Waals surface area contributed by atoms with E-state index in [9.17, 15) is 9.90 Å². The van der Waals surface area contributed by atoms with Crippen molar-refractivity contribution >= 4 is 6.16 Å². The van der Waals surface area contributed by atoms with Gasteiger partial charge in [-0.2, -0.15) is 0 Å². The third kappa shape index (κ3) is 21.6. The molecule has 0 fully saturated rings. The summed E-state index contributed by atoms with van der Waals surface area (Å²) in [6.45, 7) is 6.12. The second-order valence-electron chi connectivity index (χ2n) is 11.6. The predicted molar refractivity (Wildman–Crippen MR) is 169 cm³/mol. The van der Waals surface area contributed by atoms with Crippen LogP contribution in [-0.4, -0.2) is 35.9 Å². The lowest BCUT2D eigenvalue weighted by molar-refractivity contribution is -0.148. The number of aryl methyl sites for hydroxylation is 1. The number of rotatable bonds is 29. The molecular formula is C35H62O6. The summed E-state index contributed by atoms with van der Waals surface area (Å²) in [5, 5.41) is 19.0. The van der Waals surface area contributed by atoms with E-state index in [4.69, 9.17) is 14.6 Å². The summed E-state index contributed by atoms with van der Waals surface area (Å²) >= 11 is 0. The molecule has 41 heavy (non-hydrogen) atoms. The fraction of sp³-hybridized carbons (Fsp3) is 0.800. The smallest absolute Gasteiger partial charge is 0.504 e. The third-order valence-corrected chi connectivity index (χ3v) is 7.77. The van der Waals surface area contributed by atoms with Crippen LogP contribution in [-0.2, 0) is 15.9 Å². The zero-order chi connectivity index (χ0) is 29.8. The molecule has 6 heteroatoms. The molecule has 1 rings (SSSR count). The van der Waals surface area contributed by atoms with Crippen LogP contribution in [0.15, 0.2) is 18.2 Å². The van der Waals surface area contributed by atoms with E-state index in [-0.39, 0.29) is 17.8 Å². The van der Waals surface area contributed by atoms with E-state index in [1.165, 1.54) is 96.0 Å². The fourth-order valence-electron chi connectivity index (χ4n) is 5.22. The van der Waals surface area contributed by atoms with Crippen molar-refractivity contribution in [1.82, 2.24) is 0 Å². The van der Waals surface area contributed by atoms with E-state index in [0.717, 1.165) is 70.1 Å². The van der Waals surface area contributed by atoms with Gasteiger partial charge in [-0.3, -0.25) is 0 Å². The SMILES string of the molecule is CCCCCCCCCCOC(CCCCCCCc1cccc(OC(=O)O)c1O)OCCCCCCCCCC. The molecule has 0 amide bonds. The topological polar surface area (TPSA) is 85.2 Å². The lowest BCUT2D eigenvalue weighted by Gasteiger charge is -2.19. The van der Waals surface area contributed by atoms with Gasteiger partial charge in [0.25, 0.3) is 0 Å². The molecule has 6 nitrogen and oxygen atoms in total. The number of unbranched alkanes of at least 4 members (excludes halogenated alkanes) is 18. The van der Waals surface area contributed by atoms with Crippen molar-refractivity contribution in [2.24, 2.45) is 0 Å². The van der Waals surface area contributed by atoms with Crippen molar-refractivity contribution in [3.63, 3.8) is 0 Å². The largest absolute Gasteiger partial charge is 0.511 e. The first-order valence-electron chi connectivity index (χ1n) is 17.0. The summed E-state index contributed by atoms with van der Waals surface area (Å²) in [5.41, 5.74) is 0.729. The molecule has 2 N–H and O–H groups in total. The van der Waals surface area contributed by atoms with Gasteiger partial charge in [0.15, 0.2) is 17.8 Å². The van der Waals surface area contributed by atoms with Gasteiger partial charge in [0.2, 0.25) is 0 Å². The Morgan fingerprint density at radius 3 is 1.63 bits per heavy atom. The summed E-state index contributed by atoms with van der Waals surface area (Å²) in [6, 6.07) is 5.01. The summed E-state index contributed by atoms with van der Waals surface area (Å²) < 4.78 is 17.0. The van der Waals surface area contributed by atoms with Gasteiger partial charge in [-0.25, -0.2) is 4.79 Å². The van der Waals surface area contributed by atoms with Crippen molar-refractivity contribution in [1.29, 1.82) is 0 Å². The molecule has 0 spiro atoms. The third-order valence-electron chi connectivity index (χ3n) is 7.77. The zero-order valence-electron chi connectivity index (χ0n) is 26.5. The highest BCUT2D eigenvalue weighted by Crippen LogP contribution is 2.31. The Labute approximate surface area is 251 Å². The van der Waals surface area contributed by atoms with Gasteiger partial charge in [-0.1, -0.05) is 135 Å². The van der Waals surface area contributed by atoms with E-state index in [1.807, 2.05) is 6.07 Å². The zero-order valence-corrected chi connectivity index (χ0v) is 26.5. The van der Waals surface area contributed by atoms with Crippen LogP contribution in [0.4, 0.5) is 4.79 Å². The molecule has 0 heterocycles. The summed E-state index contributed by atoms with van der Waals surface area (Å²) in [4.78, 5) is 10.8. The molecule has 0 saturated carbocycles. The molecule has 238 valence electrons. The van der Waals surface area contributed by atoms with E-state index in [2.05, 4.69) is 18.6 Å². The van der Waals surface area contributed by atoms with Gasteiger partial charge >= 0.3 is 6.16 Å². The number of para-hydroxylation sites is 1. The molecule has 0 atom stereocenters. The standard InChI is InChI=1S/C35H62O6/c1-3-5-7-9-11-13-18-22-29-39-33(40-30-23-19-14-12-10-8-6-4-2)28-21-17-15-16-20-25-31-26-24-27-32(34(31)36)41-35(37)38/h24,26-27,33,36H,3-23,25,28-30H2,1-2H3,(H,37,38). The first-order valence-corrected chi connectivity index (χ1v) is 17.0. The van der Waals surface area contributed by atoms with Crippen LogP contribution in [0.2, 0.25) is 0 Å². The normalized spacial score (nSPS) is 11.4. The van der Waals surface area contributed by atoms with E-state index >= 15 is 0 Å². The van der Waals surface area contributed by atoms with Gasteiger partial charge in [0, 0.05) is 13.2 Å². The van der Waals surface area contributed by atoms with Gasteiger partial charge in [-0.05, 0) is 50.2 Å². The Kier molecular flexibility index (Phi) is 24.6. The molecule has 0 aliphatic carbocycles. The summed E-state index contributed by atoms with van der Waals surface area (Å²) in [6.07, 6.45) is 26.4. The monoisotopic (exact) mass is 578 g/mol. The van der Waals surface area contributed by atoms with Gasteiger partial charge in [0.05, 0.1) is 0 Å². The lowest BCUT2D eigenvalue weighted by Crippen LogP contribution is -2.19. The Hall–Kier alpha value is -1.79. The first kappa shape index (κ1) is 37.2. The molecule has 0 aromatic heterocycles. The minimum Gasteiger partial charge on any atom is -0.504 e. The number of carbonyl (C=O) groups is 1. The van der Waals surface area contributed by atoms with Gasteiger partial charge < -0.3 is 24.4 Å². The second-order valence-corrected chi connectivity index (χ2v) is 11.6.